The van der Waals surface area contributed by atoms with Gasteiger partial charge in [-0.2, -0.15) is 0 Å². The van der Waals surface area contributed by atoms with E-state index in [0.717, 1.165) is 154 Å². The Kier molecular flexibility index (Phi) is 55.0. The molecule has 0 aromatic heterocycles. The van der Waals surface area contributed by atoms with Crippen LogP contribution in [-0.2, 0) is 42.2 Å². The minimum Gasteiger partial charge on any atom is -0.462 e. The predicted molar refractivity (Wildman–Crippen MR) is 325 cm³/mol. The fourth-order valence-corrected chi connectivity index (χ4v) is 8.08. The second-order valence-corrected chi connectivity index (χ2v) is 20.5. The lowest BCUT2D eigenvalue weighted by Crippen LogP contribution is -2.30. The molecule has 0 aliphatic heterocycles. The number of rotatable bonds is 53. The Bertz CT molecular complexity index is 1860. The highest BCUT2D eigenvalue weighted by atomic mass is 31.2. The summed E-state index contributed by atoms with van der Waals surface area (Å²) in [5.41, 5.74) is 0. The van der Waals surface area contributed by atoms with Crippen molar-refractivity contribution in [3.8, 4) is 0 Å². The van der Waals surface area contributed by atoms with Crippen LogP contribution in [0.2, 0.25) is 0 Å². The lowest BCUT2D eigenvalue weighted by Gasteiger charge is -2.21. The van der Waals surface area contributed by atoms with Crippen LogP contribution in [0.25, 0.3) is 0 Å². The van der Waals surface area contributed by atoms with Gasteiger partial charge in [-0.3, -0.25) is 23.4 Å². The van der Waals surface area contributed by atoms with Crippen molar-refractivity contribution in [2.75, 3.05) is 26.4 Å². The maximum absolute atomic E-state index is 12.9. The number of hydrogen-bond donors (Lipinski definition) is 2. The van der Waals surface area contributed by atoms with Gasteiger partial charge in [-0.15, -0.1) is 0 Å². The van der Waals surface area contributed by atoms with Crippen molar-refractivity contribution in [1.82, 2.24) is 0 Å². The standard InChI is InChI=1S/C66H105O11P/c1-4-7-10-13-16-19-22-25-27-29-31-33-35-38-40-43-46-49-52-55-64(68)73-59-63(77-66(70)57-54-51-48-45-42-39-36-34-32-30-28-26-23-20-17-14-11-8-5-2)61-75-78(71,72)74-60-62(58-67)76-65(69)56-53-50-47-44-41-37-24-21-18-15-12-9-6-3/h7-8,10-12,15-17,19-21,24-28,31-34,38,40,46,49,62-63,67H,4-6,9,13-14,18,22-23,29-30,35-37,39,41-45,47-48,50-61H2,1-3H3,(H,71,72)/b10-7-,11-8-,15-12-,19-16-,20-17-,24-21-,27-25-,28-26-,33-31-,34-32-,40-38-,49-46-. The third-order valence-electron chi connectivity index (χ3n) is 11.7. The van der Waals surface area contributed by atoms with Gasteiger partial charge in [0.25, 0.3) is 0 Å². The zero-order valence-electron chi connectivity index (χ0n) is 48.6. The Balaban J connectivity index is 4.89. The van der Waals surface area contributed by atoms with Gasteiger partial charge in [0, 0.05) is 19.3 Å². The van der Waals surface area contributed by atoms with Crippen LogP contribution < -0.4 is 0 Å². The van der Waals surface area contributed by atoms with Crippen LogP contribution in [0.3, 0.4) is 0 Å². The molecule has 0 fully saturated rings. The number of carbonyl (C=O) groups is 3. The van der Waals surface area contributed by atoms with Gasteiger partial charge in [0.2, 0.25) is 0 Å². The number of ether oxygens (including phenoxy) is 3. The number of aliphatic hydroxyl groups excluding tert-OH is 1. The van der Waals surface area contributed by atoms with Crippen molar-refractivity contribution in [3.05, 3.63) is 146 Å². The van der Waals surface area contributed by atoms with Gasteiger partial charge >= 0.3 is 25.7 Å². The summed E-state index contributed by atoms with van der Waals surface area (Å²) in [6.07, 6.45) is 75.3. The Hall–Kier alpha value is -4.64. The average molecular weight is 1110 g/mol. The summed E-state index contributed by atoms with van der Waals surface area (Å²) in [4.78, 5) is 48.6. The molecule has 440 valence electrons. The van der Waals surface area contributed by atoms with E-state index in [9.17, 15) is 28.9 Å². The van der Waals surface area contributed by atoms with Crippen LogP contribution >= 0.6 is 7.82 Å². The molecule has 0 aromatic carbocycles. The number of esters is 3. The van der Waals surface area contributed by atoms with E-state index in [1.165, 1.54) is 0 Å². The molecule has 0 saturated heterocycles. The Morgan fingerprint density at radius 3 is 1.08 bits per heavy atom. The number of hydrogen-bond acceptors (Lipinski definition) is 10. The Morgan fingerprint density at radius 1 is 0.372 bits per heavy atom. The molecule has 0 saturated carbocycles. The molecule has 3 unspecified atom stereocenters. The maximum atomic E-state index is 12.9. The maximum Gasteiger partial charge on any atom is 0.472 e. The Labute approximate surface area is 473 Å². The van der Waals surface area contributed by atoms with Gasteiger partial charge in [-0.1, -0.05) is 218 Å². The molecule has 12 heteroatoms. The summed E-state index contributed by atoms with van der Waals surface area (Å²) in [7, 11) is -4.78. The second-order valence-electron chi connectivity index (χ2n) is 19.0. The van der Waals surface area contributed by atoms with Crippen molar-refractivity contribution < 1.29 is 52.2 Å². The van der Waals surface area contributed by atoms with E-state index in [2.05, 4.69) is 154 Å². The number of unbranched alkanes of at least 4 members (excludes halogenated alkanes) is 12. The van der Waals surface area contributed by atoms with Crippen LogP contribution in [0.1, 0.15) is 213 Å². The zero-order valence-corrected chi connectivity index (χ0v) is 49.5. The topological polar surface area (TPSA) is 155 Å². The summed E-state index contributed by atoms with van der Waals surface area (Å²) in [5, 5.41) is 9.82. The van der Waals surface area contributed by atoms with Gasteiger partial charge in [0.05, 0.1) is 19.8 Å². The largest absolute Gasteiger partial charge is 0.472 e. The van der Waals surface area contributed by atoms with Crippen molar-refractivity contribution in [2.24, 2.45) is 0 Å². The second kappa shape index (κ2) is 58.5. The molecule has 0 aromatic rings. The fraction of sp³-hybridized carbons (Fsp3) is 0.591. The van der Waals surface area contributed by atoms with E-state index in [1.807, 2.05) is 12.2 Å². The quantitative estimate of drug-likeness (QED) is 0.0197. The molecule has 78 heavy (non-hydrogen) atoms. The SMILES string of the molecule is CC/C=C\C/C=C\C/C=C\C/C=C\C/C=C\C/C=C\CCC(=O)OCC(COP(=O)(O)OCC(CO)OC(=O)CCCCCCC/C=C\C/C=C\CCC)OC(=O)CCCCCCCC/C=C\C/C=C\C/C=C\C/C=C\CC. The minimum absolute atomic E-state index is 0.0888. The molecule has 0 bridgehead atoms. The highest BCUT2D eigenvalue weighted by Gasteiger charge is 2.28. The van der Waals surface area contributed by atoms with Crippen LogP contribution in [0, 0.1) is 0 Å². The average Bonchev–Trinajstić information content (AvgIpc) is 3.43. The first-order valence-electron chi connectivity index (χ1n) is 29.7. The van der Waals surface area contributed by atoms with Crippen LogP contribution in [0.15, 0.2) is 146 Å². The van der Waals surface area contributed by atoms with Gasteiger partial charge in [-0.25, -0.2) is 4.57 Å². The van der Waals surface area contributed by atoms with Gasteiger partial charge < -0.3 is 24.2 Å². The molecular weight excluding hydrogens is 1000 g/mol. The van der Waals surface area contributed by atoms with E-state index in [0.29, 0.717) is 19.3 Å². The molecule has 0 aliphatic rings. The monoisotopic (exact) mass is 1100 g/mol. The van der Waals surface area contributed by atoms with Gasteiger partial charge in [-0.05, 0) is 122 Å². The lowest BCUT2D eigenvalue weighted by atomic mass is 10.1. The predicted octanol–water partition coefficient (Wildman–Crippen LogP) is 17.9. The summed E-state index contributed by atoms with van der Waals surface area (Å²) in [6.45, 7) is 4.22. The van der Waals surface area contributed by atoms with E-state index in [4.69, 9.17) is 23.3 Å². The van der Waals surface area contributed by atoms with Crippen molar-refractivity contribution in [1.29, 1.82) is 0 Å². The number of allylic oxidation sites excluding steroid dienone is 24. The van der Waals surface area contributed by atoms with E-state index >= 15 is 0 Å². The molecule has 0 aliphatic carbocycles. The summed E-state index contributed by atoms with van der Waals surface area (Å²) >= 11 is 0. The minimum atomic E-state index is -4.78. The highest BCUT2D eigenvalue weighted by Crippen LogP contribution is 2.43. The molecule has 0 rings (SSSR count). The van der Waals surface area contributed by atoms with Crippen molar-refractivity contribution >= 4 is 25.7 Å². The summed E-state index contributed by atoms with van der Waals surface area (Å²) < 4.78 is 39.5. The zero-order chi connectivity index (χ0) is 56.9. The normalized spacial score (nSPS) is 14.4. The first kappa shape index (κ1) is 73.4. The van der Waals surface area contributed by atoms with E-state index in [1.54, 1.807) is 0 Å². The van der Waals surface area contributed by atoms with Crippen LogP contribution in [0.5, 0.6) is 0 Å². The molecule has 2 N–H and O–H groups in total. The molecule has 0 heterocycles. The van der Waals surface area contributed by atoms with Crippen molar-refractivity contribution in [2.45, 2.75) is 226 Å². The molecular formula is C66H105O11P. The van der Waals surface area contributed by atoms with Crippen LogP contribution in [-0.4, -0.2) is 66.5 Å². The molecule has 3 atom stereocenters. The Morgan fingerprint density at radius 2 is 0.692 bits per heavy atom. The third-order valence-corrected chi connectivity index (χ3v) is 12.7. The van der Waals surface area contributed by atoms with Crippen LogP contribution in [0.4, 0.5) is 0 Å². The highest BCUT2D eigenvalue weighted by molar-refractivity contribution is 7.47. The number of phosphoric ester groups is 1. The first-order chi connectivity index (χ1) is 38.2. The van der Waals surface area contributed by atoms with E-state index in [-0.39, 0.29) is 19.3 Å². The van der Waals surface area contributed by atoms with Gasteiger partial charge in [0.15, 0.2) is 6.10 Å². The smallest absolute Gasteiger partial charge is 0.462 e. The molecule has 11 nitrogen and oxygen atoms in total. The summed E-state index contributed by atoms with van der Waals surface area (Å²) in [5.74, 6) is -1.61. The fourth-order valence-electron chi connectivity index (χ4n) is 7.29. The number of aliphatic hydroxyl groups is 1. The van der Waals surface area contributed by atoms with Crippen molar-refractivity contribution in [3.63, 3.8) is 0 Å². The number of carbonyl (C=O) groups excluding carboxylic acids is 3. The summed E-state index contributed by atoms with van der Waals surface area (Å²) in [6, 6.07) is 0. The molecule has 0 radical (unpaired) electrons. The third kappa shape index (κ3) is 56.1. The molecule has 0 spiro atoms. The van der Waals surface area contributed by atoms with E-state index < -0.39 is 64.4 Å². The molecule has 0 amide bonds. The lowest BCUT2D eigenvalue weighted by molar-refractivity contribution is -0.161. The number of phosphoric acid groups is 1. The first-order valence-corrected chi connectivity index (χ1v) is 31.2. The van der Waals surface area contributed by atoms with Gasteiger partial charge in [0.1, 0.15) is 12.7 Å².